The number of hydrogen-bond acceptors (Lipinski definition) is 0. The van der Waals surface area contributed by atoms with Crippen molar-refractivity contribution in [2.75, 3.05) is 0 Å². The Kier molecular flexibility index (Phi) is 9.76. The Bertz CT molecular complexity index is 531. The Morgan fingerprint density at radius 1 is 0.382 bits per heavy atom. The molecule has 34 heavy (non-hydrogen) atoms. The predicted molar refractivity (Wildman–Crippen MR) is 124 cm³/mol. The molecule has 0 saturated heterocycles. The van der Waals surface area contributed by atoms with E-state index in [4.69, 9.17) is 0 Å². The minimum Gasteiger partial charge on any atom is -0.177 e. The lowest BCUT2D eigenvalue weighted by Crippen LogP contribution is -2.63. The van der Waals surface area contributed by atoms with Crippen LogP contribution in [0.1, 0.15) is 96.3 Å². The third kappa shape index (κ3) is 7.07. The second-order valence-electron chi connectivity index (χ2n) is 11.0. The maximum Gasteiger partial charge on any atom is 0.358 e. The molecule has 0 heterocycles. The van der Waals surface area contributed by atoms with Crippen molar-refractivity contribution >= 4 is 26.4 Å². The first-order valence-corrected chi connectivity index (χ1v) is 18.7. The highest BCUT2D eigenvalue weighted by Crippen LogP contribution is 2.55. The van der Waals surface area contributed by atoms with Crippen molar-refractivity contribution in [3.63, 3.8) is 0 Å². The van der Waals surface area contributed by atoms with E-state index in [1.54, 1.807) is 0 Å². The van der Waals surface area contributed by atoms with Gasteiger partial charge in [-0.15, -0.1) is 0 Å². The minimum absolute atomic E-state index is 0.153. The van der Waals surface area contributed by atoms with Gasteiger partial charge in [0.2, 0.25) is 0 Å². The fraction of sp³-hybridized carbons (Fsp3) is 1.00. The zero-order valence-corrected chi connectivity index (χ0v) is 23.0. The fourth-order valence-corrected chi connectivity index (χ4v) is 30.9. The molecule has 12 heteroatoms. The molecule has 3 aliphatic carbocycles. The van der Waals surface area contributed by atoms with Gasteiger partial charge in [0.25, 0.3) is 0 Å². The van der Waals surface area contributed by atoms with Crippen molar-refractivity contribution in [2.24, 2.45) is 0 Å². The first-order valence-electron chi connectivity index (χ1n) is 13.0. The molecule has 3 unspecified atom stereocenters. The summed E-state index contributed by atoms with van der Waals surface area (Å²) in [6.07, 6.45) is 5.98. The molecule has 0 aromatic carbocycles. The molecular weight excluding hydrogens is 519 g/mol. The monoisotopic (exact) mass is 556 g/mol. The maximum atomic E-state index is 14.8. The highest BCUT2D eigenvalue weighted by molar-refractivity contribution is 6.99. The molecule has 0 N–H and O–H groups in total. The smallest absolute Gasteiger partial charge is 0.177 e. The molecule has 0 spiro atoms. The van der Waals surface area contributed by atoms with E-state index < -0.39 is 65.2 Å². The highest BCUT2D eigenvalue weighted by atomic mass is 28.4. The molecule has 3 atom stereocenters. The zero-order chi connectivity index (χ0) is 25.1. The lowest BCUT2D eigenvalue weighted by molar-refractivity contribution is -0.0622. The van der Waals surface area contributed by atoms with Crippen LogP contribution < -0.4 is 0 Å². The van der Waals surface area contributed by atoms with Crippen LogP contribution in [0.5, 0.6) is 0 Å². The van der Waals surface area contributed by atoms with E-state index in [0.717, 1.165) is 0 Å². The van der Waals surface area contributed by atoms with Crippen molar-refractivity contribution < 1.29 is 39.5 Å². The second-order valence-corrected chi connectivity index (χ2v) is 23.5. The summed E-state index contributed by atoms with van der Waals surface area (Å²) in [7, 11) is -13.2. The summed E-state index contributed by atoms with van der Waals surface area (Å²) in [5, 5.41) is 0. The van der Waals surface area contributed by atoms with Crippen LogP contribution in [0.2, 0.25) is 21.4 Å². The van der Waals surface area contributed by atoms with Gasteiger partial charge in [-0.3, -0.25) is 0 Å². The van der Waals surface area contributed by atoms with Crippen LogP contribution in [0.4, 0.5) is 39.5 Å². The molecular formula is C22H37F9Si3. The average Bonchev–Trinajstić information content (AvgIpc) is 2.73. The van der Waals surface area contributed by atoms with E-state index in [1.165, 1.54) is 0 Å². The van der Waals surface area contributed by atoms with Gasteiger partial charge in [-0.1, -0.05) is 96.3 Å². The quantitative estimate of drug-likeness (QED) is 0.228. The van der Waals surface area contributed by atoms with E-state index in [1.807, 2.05) is 0 Å². The fourth-order valence-electron chi connectivity index (χ4n) is 7.55. The van der Waals surface area contributed by atoms with Crippen molar-refractivity contribution in [1.82, 2.24) is 0 Å². The predicted octanol–water partition coefficient (Wildman–Crippen LogP) is 8.42. The normalized spacial score (nSPS) is 26.7. The van der Waals surface area contributed by atoms with Gasteiger partial charge in [-0.25, -0.2) is 0 Å². The summed E-state index contributed by atoms with van der Waals surface area (Å²) >= 11 is 0. The highest BCUT2D eigenvalue weighted by Gasteiger charge is 2.67. The second kappa shape index (κ2) is 11.6. The Morgan fingerprint density at radius 3 is 0.765 bits per heavy atom. The Balaban J connectivity index is 2.18. The zero-order valence-electron chi connectivity index (χ0n) is 19.5. The van der Waals surface area contributed by atoms with Crippen LogP contribution in [-0.2, 0) is 0 Å². The standard InChI is InChI=1S/C22H37F9Si3/c23-20(24,25)32(16-10-4-1-5-11-16)19(33(21(26,27)28)17-12-6-2-7-13-17)34(22(29,30)31)18-14-8-3-9-15-18/h16-19,32-34H,1-15H2. The molecule has 0 aromatic rings. The average molecular weight is 557 g/mol. The molecule has 3 rings (SSSR count). The van der Waals surface area contributed by atoms with Gasteiger partial charge in [0.1, 0.15) is 0 Å². The molecule has 0 amide bonds. The first kappa shape index (κ1) is 28.6. The van der Waals surface area contributed by atoms with Gasteiger partial charge in [0, 0.05) is 0 Å². The molecule has 0 nitrogen and oxygen atoms in total. The van der Waals surface area contributed by atoms with Crippen LogP contribution in [0.25, 0.3) is 0 Å². The van der Waals surface area contributed by atoms with Crippen molar-refractivity contribution in [3.8, 4) is 0 Å². The van der Waals surface area contributed by atoms with E-state index in [-0.39, 0.29) is 38.5 Å². The third-order valence-electron chi connectivity index (χ3n) is 8.85. The third-order valence-corrected chi connectivity index (χ3v) is 26.1. The first-order chi connectivity index (χ1) is 15.8. The summed E-state index contributed by atoms with van der Waals surface area (Å²) < 4.78 is 133. The summed E-state index contributed by atoms with van der Waals surface area (Å²) in [6, 6.07) is 0. The summed E-state index contributed by atoms with van der Waals surface area (Å²) in [4.78, 5) is -2.09. The van der Waals surface area contributed by atoms with Gasteiger partial charge in [0.15, 0.2) is 26.4 Å². The lowest BCUT2D eigenvalue weighted by Gasteiger charge is -2.47. The summed E-state index contributed by atoms with van der Waals surface area (Å²) in [5.41, 5.74) is -2.91. The summed E-state index contributed by atoms with van der Waals surface area (Å²) in [5.74, 6) is -14.7. The number of alkyl halides is 9. The van der Waals surface area contributed by atoms with E-state index in [0.29, 0.717) is 57.8 Å². The Morgan fingerprint density at radius 2 is 0.588 bits per heavy atom. The van der Waals surface area contributed by atoms with Crippen LogP contribution in [0.3, 0.4) is 0 Å². The van der Waals surface area contributed by atoms with Crippen molar-refractivity contribution in [1.29, 1.82) is 0 Å². The van der Waals surface area contributed by atoms with E-state index in [9.17, 15) is 39.5 Å². The van der Waals surface area contributed by atoms with Crippen molar-refractivity contribution in [2.45, 2.75) is 135 Å². The molecule has 0 bridgehead atoms. The van der Waals surface area contributed by atoms with Crippen LogP contribution in [0.15, 0.2) is 0 Å². The van der Waals surface area contributed by atoms with Gasteiger partial charge < -0.3 is 0 Å². The van der Waals surface area contributed by atoms with Crippen LogP contribution in [-0.4, -0.2) is 43.8 Å². The number of halogens is 9. The van der Waals surface area contributed by atoms with E-state index in [2.05, 4.69) is 0 Å². The summed E-state index contributed by atoms with van der Waals surface area (Å²) in [6.45, 7) is 0. The largest absolute Gasteiger partial charge is 0.358 e. The minimum atomic E-state index is -4.90. The molecule has 200 valence electrons. The van der Waals surface area contributed by atoms with Gasteiger partial charge in [-0.2, -0.15) is 39.5 Å². The Labute approximate surface area is 201 Å². The molecule has 3 saturated carbocycles. The molecule has 3 aliphatic rings. The van der Waals surface area contributed by atoms with E-state index >= 15 is 0 Å². The topological polar surface area (TPSA) is 0 Å². The SMILES string of the molecule is FC(F)(F)[SiH](C1CCCCC1)C([SiH](C1CCCCC1)C(F)(F)F)[SiH](C1CCCCC1)C(F)(F)F. The van der Waals surface area contributed by atoms with Gasteiger partial charge in [-0.05, 0) is 21.4 Å². The maximum absolute atomic E-state index is 14.8. The lowest BCUT2D eigenvalue weighted by atomic mass is 10.0. The number of hydrogen-bond donors (Lipinski definition) is 0. The number of rotatable bonds is 6. The molecule has 0 radical (unpaired) electrons. The van der Waals surface area contributed by atoms with Crippen molar-refractivity contribution in [3.05, 3.63) is 0 Å². The van der Waals surface area contributed by atoms with Crippen LogP contribution >= 0.6 is 0 Å². The Hall–Kier alpha value is 0.0206. The van der Waals surface area contributed by atoms with Gasteiger partial charge in [0.05, 0.1) is 0 Å². The van der Waals surface area contributed by atoms with Gasteiger partial charge >= 0.3 is 17.4 Å². The molecule has 0 aromatic heterocycles. The molecule has 0 aliphatic heterocycles. The van der Waals surface area contributed by atoms with Crippen LogP contribution in [0, 0.1) is 0 Å². The molecule has 3 fully saturated rings.